The first-order valence-corrected chi connectivity index (χ1v) is 9.37. The van der Waals surface area contributed by atoms with Crippen LogP contribution < -0.4 is 5.32 Å². The molecular formula is C21H15F6N5. The molecule has 1 N–H and O–H groups in total. The van der Waals surface area contributed by atoms with Gasteiger partial charge in [0.05, 0.1) is 16.8 Å². The molecule has 0 atom stereocenters. The van der Waals surface area contributed by atoms with Crippen LogP contribution in [0.3, 0.4) is 0 Å². The zero-order chi connectivity index (χ0) is 22.9. The van der Waals surface area contributed by atoms with Gasteiger partial charge in [0.2, 0.25) is 0 Å². The number of rotatable bonds is 5. The molecular weight excluding hydrogens is 436 g/mol. The lowest BCUT2D eigenvalue weighted by Crippen LogP contribution is -2.12. The van der Waals surface area contributed by atoms with Crippen LogP contribution in [0.25, 0.3) is 16.9 Å². The number of halogens is 6. The van der Waals surface area contributed by atoms with Crippen molar-refractivity contribution >= 4 is 11.5 Å². The molecule has 3 heterocycles. The highest BCUT2D eigenvalue weighted by Crippen LogP contribution is 2.38. The molecule has 0 aliphatic rings. The Hall–Kier alpha value is -3.63. The van der Waals surface area contributed by atoms with E-state index in [-0.39, 0.29) is 23.1 Å². The van der Waals surface area contributed by atoms with Gasteiger partial charge in [0, 0.05) is 43.1 Å². The number of anilines is 1. The molecule has 11 heteroatoms. The second kappa shape index (κ2) is 8.13. The van der Waals surface area contributed by atoms with E-state index in [4.69, 9.17) is 0 Å². The van der Waals surface area contributed by atoms with Crippen LogP contribution in [0.15, 0.2) is 61.3 Å². The van der Waals surface area contributed by atoms with Crippen molar-refractivity contribution in [1.82, 2.24) is 19.4 Å². The van der Waals surface area contributed by atoms with Gasteiger partial charge in [-0.3, -0.25) is 4.98 Å². The summed E-state index contributed by atoms with van der Waals surface area (Å²) in [5, 5.41) is 3.06. The van der Waals surface area contributed by atoms with Gasteiger partial charge in [-0.05, 0) is 36.2 Å². The van der Waals surface area contributed by atoms with Crippen molar-refractivity contribution in [3.63, 3.8) is 0 Å². The number of aromatic nitrogens is 4. The van der Waals surface area contributed by atoms with E-state index in [1.807, 2.05) is 6.07 Å². The van der Waals surface area contributed by atoms with Gasteiger partial charge < -0.3 is 9.72 Å². The van der Waals surface area contributed by atoms with Gasteiger partial charge in [0.25, 0.3) is 0 Å². The molecule has 5 nitrogen and oxygen atoms in total. The maximum atomic E-state index is 13.2. The summed E-state index contributed by atoms with van der Waals surface area (Å²) in [6.45, 7) is 0.404. The summed E-state index contributed by atoms with van der Waals surface area (Å²) in [7, 11) is 0. The second-order valence-electron chi connectivity index (χ2n) is 6.97. The highest BCUT2D eigenvalue weighted by molar-refractivity contribution is 5.70. The number of nitrogens with zero attached hydrogens (tertiary/aromatic N) is 4. The molecule has 166 valence electrons. The third-order valence-corrected chi connectivity index (χ3v) is 4.69. The van der Waals surface area contributed by atoms with Crippen LogP contribution in [-0.2, 0) is 18.8 Å². The van der Waals surface area contributed by atoms with Gasteiger partial charge in [0.15, 0.2) is 11.5 Å². The van der Waals surface area contributed by atoms with Crippen LogP contribution in [0.1, 0.15) is 16.7 Å². The molecule has 0 amide bonds. The first kappa shape index (κ1) is 21.6. The van der Waals surface area contributed by atoms with E-state index in [2.05, 4.69) is 20.3 Å². The Bertz CT molecular complexity index is 1200. The Morgan fingerprint density at radius 1 is 0.938 bits per heavy atom. The molecule has 0 aliphatic carbocycles. The molecule has 4 aromatic rings. The molecule has 4 rings (SSSR count). The predicted molar refractivity (Wildman–Crippen MR) is 105 cm³/mol. The molecule has 0 fully saturated rings. The fourth-order valence-electron chi connectivity index (χ4n) is 3.16. The normalized spacial score (nSPS) is 12.3. The maximum Gasteiger partial charge on any atom is 0.416 e. The fourth-order valence-corrected chi connectivity index (χ4v) is 3.16. The third-order valence-electron chi connectivity index (χ3n) is 4.69. The Morgan fingerprint density at radius 3 is 2.28 bits per heavy atom. The Labute approximate surface area is 177 Å². The van der Waals surface area contributed by atoms with E-state index in [1.165, 1.54) is 23.0 Å². The van der Waals surface area contributed by atoms with Crippen LogP contribution in [0.5, 0.6) is 0 Å². The summed E-state index contributed by atoms with van der Waals surface area (Å²) >= 11 is 0. The summed E-state index contributed by atoms with van der Waals surface area (Å²) in [5.74, 6) is 0.238. The van der Waals surface area contributed by atoms with Crippen molar-refractivity contribution in [2.75, 3.05) is 11.9 Å². The minimum Gasteiger partial charge on any atom is -0.367 e. The van der Waals surface area contributed by atoms with E-state index in [0.29, 0.717) is 30.7 Å². The van der Waals surface area contributed by atoms with Crippen molar-refractivity contribution in [3.05, 3.63) is 78.0 Å². The second-order valence-corrected chi connectivity index (χ2v) is 6.97. The average molecular weight is 451 g/mol. The Morgan fingerprint density at radius 2 is 1.66 bits per heavy atom. The van der Waals surface area contributed by atoms with E-state index in [9.17, 15) is 26.3 Å². The van der Waals surface area contributed by atoms with Crippen molar-refractivity contribution in [2.24, 2.45) is 0 Å². The van der Waals surface area contributed by atoms with Crippen molar-refractivity contribution in [1.29, 1.82) is 0 Å². The van der Waals surface area contributed by atoms with E-state index >= 15 is 0 Å². The highest BCUT2D eigenvalue weighted by atomic mass is 19.4. The van der Waals surface area contributed by atoms with Crippen molar-refractivity contribution in [2.45, 2.75) is 18.8 Å². The average Bonchev–Trinajstić information content (AvgIpc) is 3.22. The number of imidazole rings is 1. The number of alkyl halides is 6. The molecule has 0 radical (unpaired) electrons. The molecule has 0 spiro atoms. The number of hydrogen-bond acceptors (Lipinski definition) is 4. The summed E-state index contributed by atoms with van der Waals surface area (Å²) in [4.78, 5) is 12.5. The largest absolute Gasteiger partial charge is 0.416 e. The zero-order valence-electron chi connectivity index (χ0n) is 16.2. The molecule has 0 unspecified atom stereocenters. The van der Waals surface area contributed by atoms with E-state index in [0.717, 1.165) is 5.56 Å². The lowest BCUT2D eigenvalue weighted by molar-refractivity contribution is -0.143. The Kier molecular flexibility index (Phi) is 5.49. The standard InChI is InChI=1S/C21H15F6N5/c22-20(23,24)15-8-14(9-16(10-15)21(25,26)27)17-12-32-7-6-30-19(32)18(31-17)29-5-3-13-2-1-4-28-11-13/h1-2,4,6-12H,3,5H2,(H,29,31). The fraction of sp³-hybridized carbons (Fsp3) is 0.190. The van der Waals surface area contributed by atoms with Crippen LogP contribution in [0, 0.1) is 0 Å². The van der Waals surface area contributed by atoms with E-state index < -0.39 is 23.5 Å². The number of nitrogens with one attached hydrogen (secondary N) is 1. The molecule has 0 saturated heterocycles. The molecule has 3 aromatic heterocycles. The lowest BCUT2D eigenvalue weighted by Gasteiger charge is -2.15. The topological polar surface area (TPSA) is 55.1 Å². The Balaban J connectivity index is 1.73. The van der Waals surface area contributed by atoms with Gasteiger partial charge in [-0.15, -0.1) is 0 Å². The van der Waals surface area contributed by atoms with Crippen LogP contribution in [-0.4, -0.2) is 25.9 Å². The monoisotopic (exact) mass is 451 g/mol. The smallest absolute Gasteiger partial charge is 0.367 e. The van der Waals surface area contributed by atoms with Crippen molar-refractivity contribution in [3.8, 4) is 11.3 Å². The summed E-state index contributed by atoms with van der Waals surface area (Å²) in [6, 6.07) is 5.06. The predicted octanol–water partition coefficient (Wildman–Crippen LogP) is 5.48. The molecule has 0 aliphatic heterocycles. The highest BCUT2D eigenvalue weighted by Gasteiger charge is 2.37. The van der Waals surface area contributed by atoms with Gasteiger partial charge in [-0.2, -0.15) is 26.3 Å². The van der Waals surface area contributed by atoms with Crippen LogP contribution in [0.2, 0.25) is 0 Å². The molecule has 32 heavy (non-hydrogen) atoms. The van der Waals surface area contributed by atoms with Crippen LogP contribution >= 0.6 is 0 Å². The molecule has 1 aromatic carbocycles. The SMILES string of the molecule is FC(F)(F)c1cc(-c2cn3ccnc3c(NCCc3cccnc3)n2)cc(C(F)(F)F)c1. The number of benzene rings is 1. The quantitative estimate of drug-likeness (QED) is 0.408. The lowest BCUT2D eigenvalue weighted by atomic mass is 10.0. The van der Waals surface area contributed by atoms with Crippen LogP contribution in [0.4, 0.5) is 32.2 Å². The first-order valence-electron chi connectivity index (χ1n) is 9.37. The summed E-state index contributed by atoms with van der Waals surface area (Å²) in [5.41, 5.74) is -1.83. The minimum atomic E-state index is -4.94. The third kappa shape index (κ3) is 4.66. The number of hydrogen-bond donors (Lipinski definition) is 1. The maximum absolute atomic E-state index is 13.2. The number of pyridine rings is 1. The minimum absolute atomic E-state index is 0.0593. The van der Waals surface area contributed by atoms with Gasteiger partial charge in [-0.25, -0.2) is 9.97 Å². The van der Waals surface area contributed by atoms with Gasteiger partial charge in [0.1, 0.15) is 0 Å². The van der Waals surface area contributed by atoms with E-state index in [1.54, 1.807) is 18.5 Å². The molecule has 0 saturated carbocycles. The first-order chi connectivity index (χ1) is 15.1. The van der Waals surface area contributed by atoms with Crippen molar-refractivity contribution < 1.29 is 26.3 Å². The number of fused-ring (bicyclic) bond motifs is 1. The summed E-state index contributed by atoms with van der Waals surface area (Å²) < 4.78 is 80.9. The zero-order valence-corrected chi connectivity index (χ0v) is 16.2. The van der Waals surface area contributed by atoms with Gasteiger partial charge >= 0.3 is 12.4 Å². The molecule has 0 bridgehead atoms. The summed E-state index contributed by atoms with van der Waals surface area (Å²) in [6.07, 6.45) is -1.65. The van der Waals surface area contributed by atoms with Gasteiger partial charge in [-0.1, -0.05) is 6.07 Å².